The Kier molecular flexibility index (Phi) is 4.67. The Morgan fingerprint density at radius 3 is 2.55 bits per heavy atom. The number of halogens is 1. The lowest BCUT2D eigenvalue weighted by molar-refractivity contribution is -0.142. The third kappa shape index (κ3) is 2.56. The van der Waals surface area contributed by atoms with Crippen LogP contribution in [0.3, 0.4) is 0 Å². The van der Waals surface area contributed by atoms with E-state index in [1.165, 1.54) is 0 Å². The lowest BCUT2D eigenvalue weighted by Crippen LogP contribution is -2.50. The molecule has 1 saturated carbocycles. The summed E-state index contributed by atoms with van der Waals surface area (Å²) in [7, 11) is 0. The van der Waals surface area contributed by atoms with Gasteiger partial charge in [-0.1, -0.05) is 12.8 Å². The van der Waals surface area contributed by atoms with Crippen LogP contribution in [0, 0.1) is 0 Å². The number of rotatable bonds is 2. The number of nitrogens with one attached hydrogen (secondary N) is 1. The Hall–Kier alpha value is -1.34. The molecule has 2 saturated heterocycles. The SMILES string of the molecule is CC(C(=O)N1CC[C@@H](N)C1)N1C(=O)NC2(CCCC2)C1=O.Cl. The van der Waals surface area contributed by atoms with Crippen LogP contribution in [0.5, 0.6) is 0 Å². The van der Waals surface area contributed by atoms with Crippen molar-refractivity contribution < 1.29 is 14.4 Å². The predicted molar refractivity (Wildman–Crippen MR) is 82.5 cm³/mol. The number of hydrogen-bond acceptors (Lipinski definition) is 4. The van der Waals surface area contributed by atoms with Crippen LogP contribution in [0.15, 0.2) is 0 Å². The van der Waals surface area contributed by atoms with Gasteiger partial charge in [0.2, 0.25) is 5.91 Å². The van der Waals surface area contributed by atoms with Crippen molar-refractivity contribution in [2.45, 2.75) is 56.7 Å². The van der Waals surface area contributed by atoms with E-state index in [0.29, 0.717) is 25.9 Å². The normalized spacial score (nSPS) is 28.0. The van der Waals surface area contributed by atoms with E-state index in [4.69, 9.17) is 5.73 Å². The standard InChI is InChI=1S/C14H22N4O3.ClH/c1-9(11(19)17-7-4-10(15)8-17)18-12(20)14(16-13(18)21)5-2-3-6-14;/h9-10H,2-8,15H2,1H3,(H,16,21);1H/t9?,10-;/m1./s1. The highest BCUT2D eigenvalue weighted by Gasteiger charge is 2.54. The molecule has 4 amide bonds. The fraction of sp³-hybridized carbons (Fsp3) is 0.786. The molecule has 0 bridgehead atoms. The molecule has 2 aliphatic heterocycles. The lowest BCUT2D eigenvalue weighted by Gasteiger charge is -2.27. The number of nitrogens with two attached hydrogens (primary N) is 1. The molecule has 1 spiro atoms. The summed E-state index contributed by atoms with van der Waals surface area (Å²) in [4.78, 5) is 40.0. The van der Waals surface area contributed by atoms with Crippen LogP contribution < -0.4 is 11.1 Å². The van der Waals surface area contributed by atoms with Crippen LogP contribution in [0.1, 0.15) is 39.0 Å². The highest BCUT2D eigenvalue weighted by Crippen LogP contribution is 2.36. The number of carbonyl (C=O) groups excluding carboxylic acids is 3. The second-order valence-corrected chi connectivity index (χ2v) is 6.40. The van der Waals surface area contributed by atoms with Crippen molar-refractivity contribution in [2.75, 3.05) is 13.1 Å². The van der Waals surface area contributed by atoms with Gasteiger partial charge in [-0.25, -0.2) is 9.69 Å². The molecule has 1 unspecified atom stereocenters. The van der Waals surface area contributed by atoms with Crippen molar-refractivity contribution in [3.8, 4) is 0 Å². The first-order valence-electron chi connectivity index (χ1n) is 7.65. The topological polar surface area (TPSA) is 95.7 Å². The summed E-state index contributed by atoms with van der Waals surface area (Å²) in [5.74, 6) is -0.434. The summed E-state index contributed by atoms with van der Waals surface area (Å²) in [5.41, 5.74) is 5.05. The first-order chi connectivity index (χ1) is 9.94. The molecule has 3 aliphatic rings. The Morgan fingerprint density at radius 2 is 2.00 bits per heavy atom. The average Bonchev–Trinajstić information content (AvgIpc) is 3.12. The monoisotopic (exact) mass is 330 g/mol. The molecule has 7 nitrogen and oxygen atoms in total. The lowest BCUT2D eigenvalue weighted by atomic mass is 9.97. The number of urea groups is 1. The fourth-order valence-electron chi connectivity index (χ4n) is 3.67. The van der Waals surface area contributed by atoms with E-state index in [0.717, 1.165) is 24.2 Å². The fourth-order valence-corrected chi connectivity index (χ4v) is 3.67. The van der Waals surface area contributed by atoms with Gasteiger partial charge < -0.3 is 16.0 Å². The van der Waals surface area contributed by atoms with E-state index < -0.39 is 17.6 Å². The number of amides is 4. The van der Waals surface area contributed by atoms with E-state index >= 15 is 0 Å². The summed E-state index contributed by atoms with van der Waals surface area (Å²) in [6.07, 6.45) is 3.97. The van der Waals surface area contributed by atoms with Crippen molar-refractivity contribution >= 4 is 30.3 Å². The molecule has 2 atom stereocenters. The van der Waals surface area contributed by atoms with Crippen molar-refractivity contribution in [1.29, 1.82) is 0 Å². The zero-order chi connectivity index (χ0) is 15.2. The molecule has 2 heterocycles. The Labute approximate surface area is 136 Å². The molecule has 8 heteroatoms. The highest BCUT2D eigenvalue weighted by atomic mass is 35.5. The molecule has 0 aromatic rings. The molecule has 3 fully saturated rings. The minimum atomic E-state index is -0.761. The van der Waals surface area contributed by atoms with Crippen molar-refractivity contribution in [2.24, 2.45) is 5.73 Å². The smallest absolute Gasteiger partial charge is 0.325 e. The third-order valence-corrected chi connectivity index (χ3v) is 4.93. The number of likely N-dealkylation sites (tertiary alicyclic amines) is 1. The van der Waals surface area contributed by atoms with Crippen molar-refractivity contribution in [1.82, 2.24) is 15.1 Å². The first kappa shape index (κ1) is 17.0. The van der Waals surface area contributed by atoms with Crippen LogP contribution in [0.4, 0.5) is 4.79 Å². The van der Waals surface area contributed by atoms with Crippen LogP contribution in [0.25, 0.3) is 0 Å². The van der Waals surface area contributed by atoms with Gasteiger partial charge in [0.15, 0.2) is 0 Å². The van der Waals surface area contributed by atoms with Crippen LogP contribution in [-0.2, 0) is 9.59 Å². The molecule has 3 rings (SSSR count). The predicted octanol–water partition coefficient (Wildman–Crippen LogP) is 0.221. The van der Waals surface area contributed by atoms with Crippen molar-refractivity contribution in [3.63, 3.8) is 0 Å². The summed E-state index contributed by atoms with van der Waals surface area (Å²) >= 11 is 0. The molecular weight excluding hydrogens is 308 g/mol. The maximum Gasteiger partial charge on any atom is 0.325 e. The Balaban J connectivity index is 0.00000176. The minimum absolute atomic E-state index is 0. The zero-order valence-corrected chi connectivity index (χ0v) is 13.5. The Morgan fingerprint density at radius 1 is 1.36 bits per heavy atom. The van der Waals surface area contributed by atoms with Gasteiger partial charge in [-0.2, -0.15) is 0 Å². The quantitative estimate of drug-likeness (QED) is 0.708. The first-order valence-corrected chi connectivity index (χ1v) is 7.65. The number of carbonyl (C=O) groups is 3. The maximum atomic E-state index is 12.6. The van der Waals surface area contributed by atoms with Crippen LogP contribution in [-0.4, -0.2) is 58.4 Å². The zero-order valence-electron chi connectivity index (χ0n) is 12.7. The van der Waals surface area contributed by atoms with E-state index in [9.17, 15) is 14.4 Å². The van der Waals surface area contributed by atoms with Crippen LogP contribution >= 0.6 is 12.4 Å². The Bertz CT molecular complexity index is 492. The van der Waals surface area contributed by atoms with E-state index in [2.05, 4.69) is 5.32 Å². The second kappa shape index (κ2) is 6.04. The number of hydrogen-bond donors (Lipinski definition) is 2. The van der Waals surface area contributed by atoms with Gasteiger partial charge in [-0.3, -0.25) is 9.59 Å². The van der Waals surface area contributed by atoms with Gasteiger partial charge in [0, 0.05) is 19.1 Å². The van der Waals surface area contributed by atoms with Gasteiger partial charge in [0.05, 0.1) is 0 Å². The minimum Gasteiger partial charge on any atom is -0.339 e. The molecule has 3 N–H and O–H groups in total. The van der Waals surface area contributed by atoms with Crippen molar-refractivity contribution in [3.05, 3.63) is 0 Å². The molecule has 0 aromatic carbocycles. The molecule has 0 radical (unpaired) electrons. The van der Waals surface area contributed by atoms with Gasteiger partial charge in [0.1, 0.15) is 11.6 Å². The van der Waals surface area contributed by atoms with E-state index in [-0.39, 0.29) is 30.3 Å². The summed E-state index contributed by atoms with van der Waals surface area (Å²) in [6, 6.07) is -1.21. The molecular formula is C14H23ClN4O3. The van der Waals surface area contributed by atoms with E-state index in [1.54, 1.807) is 11.8 Å². The highest BCUT2D eigenvalue weighted by molar-refractivity contribution is 6.10. The number of imide groups is 1. The summed E-state index contributed by atoms with van der Waals surface area (Å²) < 4.78 is 0. The third-order valence-electron chi connectivity index (χ3n) is 4.93. The van der Waals surface area contributed by atoms with Gasteiger partial charge in [-0.05, 0) is 26.2 Å². The molecule has 1 aliphatic carbocycles. The molecule has 124 valence electrons. The van der Waals surface area contributed by atoms with E-state index in [1.807, 2.05) is 0 Å². The van der Waals surface area contributed by atoms with Gasteiger partial charge >= 0.3 is 6.03 Å². The second-order valence-electron chi connectivity index (χ2n) is 6.40. The average molecular weight is 331 g/mol. The molecule has 0 aromatic heterocycles. The largest absolute Gasteiger partial charge is 0.339 e. The maximum absolute atomic E-state index is 12.6. The summed E-state index contributed by atoms with van der Waals surface area (Å²) in [6.45, 7) is 2.72. The van der Waals surface area contributed by atoms with Gasteiger partial charge in [0.25, 0.3) is 5.91 Å². The van der Waals surface area contributed by atoms with Crippen LogP contribution in [0.2, 0.25) is 0 Å². The van der Waals surface area contributed by atoms with Gasteiger partial charge in [-0.15, -0.1) is 12.4 Å². The molecule has 22 heavy (non-hydrogen) atoms. The summed E-state index contributed by atoms with van der Waals surface area (Å²) in [5, 5.41) is 2.81. The number of nitrogens with zero attached hydrogens (tertiary/aromatic N) is 2.